The first kappa shape index (κ1) is 12.5. The van der Waals surface area contributed by atoms with Gasteiger partial charge in [-0.25, -0.2) is 4.39 Å². The van der Waals surface area contributed by atoms with E-state index in [9.17, 15) is 4.39 Å². The van der Waals surface area contributed by atoms with Crippen molar-refractivity contribution in [1.29, 1.82) is 0 Å². The first-order chi connectivity index (χ1) is 8.31. The van der Waals surface area contributed by atoms with Gasteiger partial charge in [-0.15, -0.1) is 0 Å². The average molecular weight is 238 g/mol. The molecule has 2 heterocycles. The van der Waals surface area contributed by atoms with Gasteiger partial charge in [-0.1, -0.05) is 0 Å². The lowest BCUT2D eigenvalue weighted by atomic mass is 9.91. The van der Waals surface area contributed by atoms with E-state index in [4.69, 9.17) is 4.74 Å². The number of nitrogens with one attached hydrogen (secondary N) is 1. The van der Waals surface area contributed by atoms with Gasteiger partial charge in [-0.2, -0.15) is 0 Å². The summed E-state index contributed by atoms with van der Waals surface area (Å²) in [5.74, 6) is 0.376. The second-order valence-corrected chi connectivity index (χ2v) is 4.50. The molecule has 0 radical (unpaired) electrons. The van der Waals surface area contributed by atoms with E-state index in [0.717, 1.165) is 32.5 Å². The van der Waals surface area contributed by atoms with Gasteiger partial charge < -0.3 is 10.1 Å². The number of ether oxygens (including phenoxy) is 1. The van der Waals surface area contributed by atoms with E-state index >= 15 is 0 Å². The summed E-state index contributed by atoms with van der Waals surface area (Å²) in [6.07, 6.45) is 4.69. The van der Waals surface area contributed by atoms with E-state index in [-0.39, 0.29) is 11.9 Å². The van der Waals surface area contributed by atoms with Crippen LogP contribution in [0.3, 0.4) is 0 Å². The molecule has 1 aromatic heterocycles. The summed E-state index contributed by atoms with van der Waals surface area (Å²) in [5, 5.41) is 3.16. The molecule has 0 aliphatic carbocycles. The van der Waals surface area contributed by atoms with Crippen molar-refractivity contribution in [3.63, 3.8) is 0 Å². The molecule has 1 N–H and O–H groups in total. The fourth-order valence-electron chi connectivity index (χ4n) is 2.34. The van der Waals surface area contributed by atoms with Crippen molar-refractivity contribution in [3.8, 4) is 0 Å². The van der Waals surface area contributed by atoms with Crippen LogP contribution in [-0.4, -0.2) is 25.2 Å². The lowest BCUT2D eigenvalue weighted by Crippen LogP contribution is -2.25. The van der Waals surface area contributed by atoms with Crippen molar-refractivity contribution in [1.82, 2.24) is 10.3 Å². The quantitative estimate of drug-likeness (QED) is 0.874. The minimum absolute atomic E-state index is 0.000648. The van der Waals surface area contributed by atoms with Crippen LogP contribution in [0, 0.1) is 11.7 Å². The third-order valence-electron chi connectivity index (χ3n) is 3.38. The molecule has 1 aliphatic heterocycles. The van der Waals surface area contributed by atoms with Gasteiger partial charge >= 0.3 is 0 Å². The van der Waals surface area contributed by atoms with Gasteiger partial charge in [-0.3, -0.25) is 4.98 Å². The third-order valence-corrected chi connectivity index (χ3v) is 3.38. The van der Waals surface area contributed by atoms with Crippen molar-refractivity contribution < 1.29 is 9.13 Å². The van der Waals surface area contributed by atoms with Crippen LogP contribution in [0.25, 0.3) is 0 Å². The Morgan fingerprint density at radius 2 is 2.29 bits per heavy atom. The molecule has 0 aromatic carbocycles. The number of rotatable bonds is 4. The molecule has 1 saturated heterocycles. The molecule has 1 fully saturated rings. The fraction of sp³-hybridized carbons (Fsp3) is 0.615. The van der Waals surface area contributed by atoms with Crippen molar-refractivity contribution in [2.75, 3.05) is 20.3 Å². The van der Waals surface area contributed by atoms with Crippen molar-refractivity contribution in [2.45, 2.75) is 25.3 Å². The predicted molar refractivity (Wildman–Crippen MR) is 64.2 cm³/mol. The smallest absolute Gasteiger partial charge is 0.146 e. The molecule has 17 heavy (non-hydrogen) atoms. The summed E-state index contributed by atoms with van der Waals surface area (Å²) in [5.41, 5.74) is 0.529. The van der Waals surface area contributed by atoms with Gasteiger partial charge in [0.15, 0.2) is 0 Å². The van der Waals surface area contributed by atoms with E-state index < -0.39 is 0 Å². The zero-order valence-electron chi connectivity index (χ0n) is 10.2. The molecule has 0 amide bonds. The van der Waals surface area contributed by atoms with Crippen LogP contribution in [0.4, 0.5) is 4.39 Å². The molecule has 0 bridgehead atoms. The Morgan fingerprint density at radius 3 is 2.94 bits per heavy atom. The molecule has 3 nitrogen and oxygen atoms in total. The topological polar surface area (TPSA) is 34.1 Å². The average Bonchev–Trinajstić information content (AvgIpc) is 2.38. The van der Waals surface area contributed by atoms with Crippen molar-refractivity contribution in [2.24, 2.45) is 5.92 Å². The molecule has 0 spiro atoms. The third kappa shape index (κ3) is 3.23. The molecular weight excluding hydrogens is 219 g/mol. The van der Waals surface area contributed by atoms with Gasteiger partial charge in [0.1, 0.15) is 5.82 Å². The number of aromatic nitrogens is 1. The highest BCUT2D eigenvalue weighted by Gasteiger charge is 2.22. The SMILES string of the molecule is CNC(CC1CCOCC1)c1ncccc1F. The van der Waals surface area contributed by atoms with Crippen LogP contribution >= 0.6 is 0 Å². The lowest BCUT2D eigenvalue weighted by molar-refractivity contribution is 0.0605. The van der Waals surface area contributed by atoms with E-state index in [1.165, 1.54) is 6.07 Å². The van der Waals surface area contributed by atoms with Crippen molar-refractivity contribution in [3.05, 3.63) is 29.8 Å². The van der Waals surface area contributed by atoms with Gasteiger partial charge in [0.2, 0.25) is 0 Å². The van der Waals surface area contributed by atoms with Gasteiger partial charge in [-0.05, 0) is 44.4 Å². The molecule has 4 heteroatoms. The van der Waals surface area contributed by atoms with Crippen molar-refractivity contribution >= 4 is 0 Å². The predicted octanol–water partition coefficient (Wildman–Crippen LogP) is 2.30. The Labute approximate surface area is 101 Å². The monoisotopic (exact) mass is 238 g/mol. The number of nitrogens with zero attached hydrogens (tertiary/aromatic N) is 1. The fourth-order valence-corrected chi connectivity index (χ4v) is 2.34. The van der Waals surface area contributed by atoms with Crippen LogP contribution < -0.4 is 5.32 Å². The number of hydrogen-bond acceptors (Lipinski definition) is 3. The molecule has 1 aromatic rings. The lowest BCUT2D eigenvalue weighted by Gasteiger charge is -2.26. The first-order valence-electron chi connectivity index (χ1n) is 6.16. The minimum atomic E-state index is -0.223. The van der Waals surface area contributed by atoms with E-state index in [1.54, 1.807) is 12.3 Å². The second-order valence-electron chi connectivity index (χ2n) is 4.50. The highest BCUT2D eigenvalue weighted by Crippen LogP contribution is 2.27. The van der Waals surface area contributed by atoms with E-state index in [1.807, 2.05) is 7.05 Å². The maximum atomic E-state index is 13.7. The summed E-state index contributed by atoms with van der Waals surface area (Å²) < 4.78 is 19.0. The number of halogens is 1. The molecule has 94 valence electrons. The first-order valence-corrected chi connectivity index (χ1v) is 6.16. The zero-order chi connectivity index (χ0) is 12.1. The van der Waals surface area contributed by atoms with Crippen LogP contribution in [0.1, 0.15) is 31.0 Å². The molecule has 0 saturated carbocycles. The second kappa shape index (κ2) is 6.07. The van der Waals surface area contributed by atoms with E-state index in [2.05, 4.69) is 10.3 Å². The molecule has 1 unspecified atom stereocenters. The van der Waals surface area contributed by atoms with Crippen LogP contribution in [0.2, 0.25) is 0 Å². The Balaban J connectivity index is 2.03. The molecular formula is C13H19FN2O. The number of pyridine rings is 1. The Bertz CT molecular complexity index is 353. The molecule has 1 aliphatic rings. The normalized spacial score (nSPS) is 19.2. The summed E-state index contributed by atoms with van der Waals surface area (Å²) >= 11 is 0. The Hall–Kier alpha value is -1.00. The molecule has 1 atom stereocenters. The maximum Gasteiger partial charge on any atom is 0.146 e. The largest absolute Gasteiger partial charge is 0.381 e. The Morgan fingerprint density at radius 1 is 1.53 bits per heavy atom. The van der Waals surface area contributed by atoms with E-state index in [0.29, 0.717) is 11.6 Å². The Kier molecular flexibility index (Phi) is 4.45. The minimum Gasteiger partial charge on any atom is -0.381 e. The van der Waals surface area contributed by atoms with Gasteiger partial charge in [0.25, 0.3) is 0 Å². The zero-order valence-corrected chi connectivity index (χ0v) is 10.2. The van der Waals surface area contributed by atoms with Crippen LogP contribution in [-0.2, 0) is 4.74 Å². The summed E-state index contributed by atoms with van der Waals surface area (Å²) in [6.45, 7) is 1.65. The van der Waals surface area contributed by atoms with Crippen LogP contribution in [0.5, 0.6) is 0 Å². The standard InChI is InChI=1S/C13H19FN2O/c1-15-12(9-10-4-7-17-8-5-10)13-11(14)3-2-6-16-13/h2-3,6,10,12,15H,4-5,7-9H2,1H3. The summed E-state index contributed by atoms with van der Waals surface area (Å²) in [7, 11) is 1.86. The van der Waals surface area contributed by atoms with Crippen LogP contribution in [0.15, 0.2) is 18.3 Å². The number of hydrogen-bond donors (Lipinski definition) is 1. The summed E-state index contributed by atoms with van der Waals surface area (Å²) in [4.78, 5) is 4.15. The maximum absolute atomic E-state index is 13.7. The van der Waals surface area contributed by atoms with Gasteiger partial charge in [0, 0.05) is 19.4 Å². The highest BCUT2D eigenvalue weighted by molar-refractivity contribution is 5.11. The molecule has 2 rings (SSSR count). The summed E-state index contributed by atoms with van der Waals surface area (Å²) in [6, 6.07) is 3.09. The highest BCUT2D eigenvalue weighted by atomic mass is 19.1. The van der Waals surface area contributed by atoms with Gasteiger partial charge in [0.05, 0.1) is 11.7 Å².